The lowest BCUT2D eigenvalue weighted by Crippen LogP contribution is -2.46. The molecule has 0 aromatic heterocycles. The number of likely N-dealkylation sites (tertiary alicyclic amines) is 1. The minimum absolute atomic E-state index is 0.160. The minimum atomic E-state index is -0.160. The second kappa shape index (κ2) is 5.32. The molecule has 0 spiro atoms. The van der Waals surface area contributed by atoms with Crippen LogP contribution < -0.4 is 5.32 Å². The highest BCUT2D eigenvalue weighted by atomic mass is 15.2. The second-order valence-electron chi connectivity index (χ2n) is 5.87. The summed E-state index contributed by atoms with van der Waals surface area (Å²) in [5.41, 5.74) is 1.23. The highest BCUT2D eigenvalue weighted by molar-refractivity contribution is 5.19. The van der Waals surface area contributed by atoms with E-state index in [-0.39, 0.29) is 5.54 Å². The number of rotatable bonds is 4. The van der Waals surface area contributed by atoms with E-state index in [9.17, 15) is 0 Å². The van der Waals surface area contributed by atoms with Gasteiger partial charge in [0.15, 0.2) is 0 Å². The van der Waals surface area contributed by atoms with Crippen molar-refractivity contribution in [3.63, 3.8) is 0 Å². The monoisotopic (exact) mass is 255 g/mol. The highest BCUT2D eigenvalue weighted by Gasteiger charge is 2.44. The lowest BCUT2D eigenvalue weighted by molar-refractivity contribution is 0.186. The Labute approximate surface area is 115 Å². The van der Waals surface area contributed by atoms with Crippen molar-refractivity contribution in [2.75, 3.05) is 13.1 Å². The third kappa shape index (κ3) is 3.15. The second-order valence-corrected chi connectivity index (χ2v) is 5.87. The molecule has 0 radical (unpaired) electrons. The molecule has 0 amide bonds. The van der Waals surface area contributed by atoms with Crippen LogP contribution in [-0.2, 0) is 6.54 Å². The SMILES string of the molecule is N#CC1(NC2CCN(Cc3ccccc3)CC2)CC1. The average Bonchev–Trinajstić information content (AvgIpc) is 3.23. The summed E-state index contributed by atoms with van der Waals surface area (Å²) in [5.74, 6) is 0. The molecule has 1 N–H and O–H groups in total. The topological polar surface area (TPSA) is 39.1 Å². The molecule has 1 aromatic carbocycles. The maximum absolute atomic E-state index is 9.11. The van der Waals surface area contributed by atoms with Crippen molar-refractivity contribution < 1.29 is 0 Å². The van der Waals surface area contributed by atoms with Gasteiger partial charge in [-0.1, -0.05) is 30.3 Å². The molecule has 1 heterocycles. The lowest BCUT2D eigenvalue weighted by Gasteiger charge is -2.33. The number of nitrogens with zero attached hydrogens (tertiary/aromatic N) is 2. The Morgan fingerprint density at radius 2 is 1.89 bits per heavy atom. The summed E-state index contributed by atoms with van der Waals surface area (Å²) in [4.78, 5) is 2.51. The first-order chi connectivity index (χ1) is 9.30. The van der Waals surface area contributed by atoms with Gasteiger partial charge in [-0.05, 0) is 44.3 Å². The lowest BCUT2D eigenvalue weighted by atomic mass is 10.0. The van der Waals surface area contributed by atoms with E-state index in [1.165, 1.54) is 5.56 Å². The zero-order chi connectivity index (χ0) is 13.1. The van der Waals surface area contributed by atoms with E-state index >= 15 is 0 Å². The first kappa shape index (κ1) is 12.7. The van der Waals surface area contributed by atoms with Gasteiger partial charge in [-0.3, -0.25) is 10.2 Å². The summed E-state index contributed by atoms with van der Waals surface area (Å²) in [5, 5.41) is 12.7. The predicted molar refractivity (Wildman–Crippen MR) is 75.5 cm³/mol. The summed E-state index contributed by atoms with van der Waals surface area (Å²) in [7, 11) is 0. The molecule has 1 aliphatic heterocycles. The standard InChI is InChI=1S/C16H21N3/c17-13-16(8-9-16)18-15-6-10-19(11-7-15)12-14-4-2-1-3-5-14/h1-5,15,18H,6-12H2. The fourth-order valence-electron chi connectivity index (χ4n) is 2.88. The molecule has 1 saturated heterocycles. The molecule has 100 valence electrons. The molecule has 3 nitrogen and oxygen atoms in total. The Hall–Kier alpha value is -1.37. The molecule has 0 unspecified atom stereocenters. The number of nitriles is 1. The molecule has 2 fully saturated rings. The molecule has 0 bridgehead atoms. The zero-order valence-electron chi connectivity index (χ0n) is 11.3. The first-order valence-electron chi connectivity index (χ1n) is 7.25. The van der Waals surface area contributed by atoms with E-state index in [0.717, 1.165) is 45.3 Å². The van der Waals surface area contributed by atoms with Crippen LogP contribution in [0.4, 0.5) is 0 Å². The molecule has 1 aromatic rings. The van der Waals surface area contributed by atoms with Gasteiger partial charge in [-0.2, -0.15) is 5.26 Å². The van der Waals surface area contributed by atoms with Crippen molar-refractivity contribution in [2.45, 2.75) is 43.8 Å². The van der Waals surface area contributed by atoms with E-state index in [1.54, 1.807) is 0 Å². The number of benzene rings is 1. The van der Waals surface area contributed by atoms with Crippen LogP contribution in [0.5, 0.6) is 0 Å². The molecule has 2 aliphatic rings. The molecular weight excluding hydrogens is 234 g/mol. The van der Waals surface area contributed by atoms with Crippen LogP contribution in [0, 0.1) is 11.3 Å². The van der Waals surface area contributed by atoms with E-state index in [4.69, 9.17) is 5.26 Å². The van der Waals surface area contributed by atoms with Crippen LogP contribution >= 0.6 is 0 Å². The summed E-state index contributed by atoms with van der Waals surface area (Å²) in [6, 6.07) is 13.6. The molecule has 0 atom stereocenters. The van der Waals surface area contributed by atoms with E-state index in [1.807, 2.05) is 0 Å². The minimum Gasteiger partial charge on any atom is -0.299 e. The third-order valence-corrected chi connectivity index (χ3v) is 4.28. The third-order valence-electron chi connectivity index (χ3n) is 4.28. The molecular formula is C16H21N3. The molecule has 3 rings (SSSR count). The fraction of sp³-hybridized carbons (Fsp3) is 0.562. The van der Waals surface area contributed by atoms with Crippen LogP contribution in [0.15, 0.2) is 30.3 Å². The Morgan fingerprint density at radius 1 is 1.21 bits per heavy atom. The van der Waals surface area contributed by atoms with Gasteiger partial charge in [0.05, 0.1) is 6.07 Å². The van der Waals surface area contributed by atoms with Crippen molar-refractivity contribution in [1.82, 2.24) is 10.2 Å². The highest BCUT2D eigenvalue weighted by Crippen LogP contribution is 2.35. The normalized spacial score (nSPS) is 22.9. The van der Waals surface area contributed by atoms with Crippen molar-refractivity contribution in [3.05, 3.63) is 35.9 Å². The molecule has 19 heavy (non-hydrogen) atoms. The van der Waals surface area contributed by atoms with Crippen molar-refractivity contribution >= 4 is 0 Å². The number of hydrogen-bond acceptors (Lipinski definition) is 3. The van der Waals surface area contributed by atoms with Crippen LogP contribution in [0.3, 0.4) is 0 Å². The Balaban J connectivity index is 1.46. The van der Waals surface area contributed by atoms with Gasteiger partial charge in [-0.25, -0.2) is 0 Å². The first-order valence-corrected chi connectivity index (χ1v) is 7.25. The average molecular weight is 255 g/mol. The van der Waals surface area contributed by atoms with Gasteiger partial charge in [0.25, 0.3) is 0 Å². The van der Waals surface area contributed by atoms with Crippen LogP contribution in [0.25, 0.3) is 0 Å². The molecule has 1 aliphatic carbocycles. The van der Waals surface area contributed by atoms with Gasteiger partial charge < -0.3 is 0 Å². The van der Waals surface area contributed by atoms with Gasteiger partial charge in [0, 0.05) is 12.6 Å². The smallest absolute Gasteiger partial charge is 0.107 e. The number of nitrogens with one attached hydrogen (secondary N) is 1. The van der Waals surface area contributed by atoms with Crippen LogP contribution in [-0.4, -0.2) is 29.6 Å². The van der Waals surface area contributed by atoms with Gasteiger partial charge in [0.1, 0.15) is 5.54 Å². The number of piperidine rings is 1. The Kier molecular flexibility index (Phi) is 3.54. The largest absolute Gasteiger partial charge is 0.299 e. The van der Waals surface area contributed by atoms with E-state index < -0.39 is 0 Å². The molecule has 1 saturated carbocycles. The van der Waals surface area contributed by atoms with Gasteiger partial charge >= 0.3 is 0 Å². The molecule has 3 heteroatoms. The summed E-state index contributed by atoms with van der Waals surface area (Å²) < 4.78 is 0. The summed E-state index contributed by atoms with van der Waals surface area (Å²) >= 11 is 0. The van der Waals surface area contributed by atoms with Crippen molar-refractivity contribution in [2.24, 2.45) is 0 Å². The fourth-order valence-corrected chi connectivity index (χ4v) is 2.88. The van der Waals surface area contributed by atoms with Crippen LogP contribution in [0.1, 0.15) is 31.2 Å². The Morgan fingerprint density at radius 3 is 2.47 bits per heavy atom. The zero-order valence-corrected chi connectivity index (χ0v) is 11.3. The summed E-state index contributed by atoms with van der Waals surface area (Å²) in [6.07, 6.45) is 4.40. The maximum atomic E-state index is 9.11. The van der Waals surface area contributed by atoms with Crippen LogP contribution in [0.2, 0.25) is 0 Å². The van der Waals surface area contributed by atoms with E-state index in [0.29, 0.717) is 6.04 Å². The van der Waals surface area contributed by atoms with Crippen molar-refractivity contribution in [3.8, 4) is 6.07 Å². The number of hydrogen-bond donors (Lipinski definition) is 1. The quantitative estimate of drug-likeness (QED) is 0.897. The maximum Gasteiger partial charge on any atom is 0.107 e. The van der Waals surface area contributed by atoms with Gasteiger partial charge in [-0.15, -0.1) is 0 Å². The van der Waals surface area contributed by atoms with E-state index in [2.05, 4.69) is 46.6 Å². The predicted octanol–water partition coefficient (Wildman–Crippen LogP) is 2.30. The Bertz CT molecular complexity index is 451. The van der Waals surface area contributed by atoms with Gasteiger partial charge in [0.2, 0.25) is 0 Å². The van der Waals surface area contributed by atoms with Crippen molar-refractivity contribution in [1.29, 1.82) is 5.26 Å². The summed E-state index contributed by atoms with van der Waals surface area (Å²) in [6.45, 7) is 3.32.